The Hall–Kier alpha value is -2.03. The van der Waals surface area contributed by atoms with Gasteiger partial charge < -0.3 is 9.57 Å². The van der Waals surface area contributed by atoms with E-state index in [-0.39, 0.29) is 12.0 Å². The van der Waals surface area contributed by atoms with E-state index in [2.05, 4.69) is 23.4 Å². The van der Waals surface area contributed by atoms with Crippen LogP contribution in [0.5, 0.6) is 5.75 Å². The molecule has 0 amide bonds. The van der Waals surface area contributed by atoms with Crippen LogP contribution in [0.2, 0.25) is 0 Å². The summed E-state index contributed by atoms with van der Waals surface area (Å²) in [5.41, 5.74) is 2.15. The summed E-state index contributed by atoms with van der Waals surface area (Å²) in [6.07, 6.45) is 0.104. The Bertz CT molecular complexity index is 663. The first-order chi connectivity index (χ1) is 8.84. The molecule has 0 radical (unpaired) electrons. The number of hydrogen-bond acceptors (Lipinski definition) is 3. The molecule has 2 aromatic carbocycles. The lowest BCUT2D eigenvalue weighted by Gasteiger charge is -2.24. The molecule has 90 valence electrons. The van der Waals surface area contributed by atoms with Gasteiger partial charge in [0.2, 0.25) is 0 Å². The van der Waals surface area contributed by atoms with Gasteiger partial charge in [-0.15, -0.1) is 0 Å². The highest BCUT2D eigenvalue weighted by Crippen LogP contribution is 2.37. The second-order valence-corrected chi connectivity index (χ2v) is 4.86. The molecule has 2 atom stereocenters. The van der Waals surface area contributed by atoms with Gasteiger partial charge in [0, 0.05) is 5.56 Å². The minimum Gasteiger partial charge on any atom is -0.492 e. The van der Waals surface area contributed by atoms with Crippen LogP contribution < -0.4 is 4.74 Å². The Morgan fingerprint density at radius 2 is 2.06 bits per heavy atom. The third-order valence-electron chi connectivity index (χ3n) is 3.80. The van der Waals surface area contributed by atoms with E-state index in [9.17, 15) is 0 Å². The zero-order valence-corrected chi connectivity index (χ0v) is 10.1. The molecule has 2 aliphatic rings. The number of hydrogen-bond donors (Lipinski definition) is 0. The molecule has 3 nitrogen and oxygen atoms in total. The van der Waals surface area contributed by atoms with Crippen molar-refractivity contribution in [2.24, 2.45) is 11.1 Å². The van der Waals surface area contributed by atoms with Crippen molar-refractivity contribution in [3.8, 4) is 5.75 Å². The fourth-order valence-corrected chi connectivity index (χ4v) is 2.76. The maximum absolute atomic E-state index is 5.86. The van der Waals surface area contributed by atoms with Crippen LogP contribution in [-0.2, 0) is 4.84 Å². The summed E-state index contributed by atoms with van der Waals surface area (Å²) in [7, 11) is 0. The fraction of sp³-hybridized carbons (Fsp3) is 0.267. The molecule has 2 unspecified atom stereocenters. The topological polar surface area (TPSA) is 30.8 Å². The predicted octanol–water partition coefficient (Wildman–Crippen LogP) is 2.97. The Labute approximate surface area is 105 Å². The molecule has 0 saturated carbocycles. The SMILES string of the molecule is CC1ON=C2c3c(ccc4ccccc34)OCC21. The van der Waals surface area contributed by atoms with Gasteiger partial charge in [-0.3, -0.25) is 0 Å². The van der Waals surface area contributed by atoms with Crippen LogP contribution in [0.25, 0.3) is 10.8 Å². The van der Waals surface area contributed by atoms with Gasteiger partial charge >= 0.3 is 0 Å². The van der Waals surface area contributed by atoms with Gasteiger partial charge in [0.1, 0.15) is 24.2 Å². The minimum atomic E-state index is 0.104. The molecule has 3 heteroatoms. The molecule has 4 rings (SSSR count). The maximum Gasteiger partial charge on any atom is 0.136 e. The van der Waals surface area contributed by atoms with Gasteiger partial charge in [0.05, 0.1) is 5.92 Å². The van der Waals surface area contributed by atoms with Gasteiger partial charge in [-0.05, 0) is 23.8 Å². The molecule has 0 saturated heterocycles. The van der Waals surface area contributed by atoms with Crippen molar-refractivity contribution in [3.63, 3.8) is 0 Å². The normalized spacial score (nSPS) is 24.8. The molecule has 18 heavy (non-hydrogen) atoms. The van der Waals surface area contributed by atoms with Crippen molar-refractivity contribution in [1.29, 1.82) is 0 Å². The highest BCUT2D eigenvalue weighted by Gasteiger charge is 2.38. The Morgan fingerprint density at radius 3 is 3.00 bits per heavy atom. The summed E-state index contributed by atoms with van der Waals surface area (Å²) in [6.45, 7) is 2.70. The van der Waals surface area contributed by atoms with Crippen molar-refractivity contribution < 1.29 is 9.57 Å². The molecule has 0 N–H and O–H groups in total. The van der Waals surface area contributed by atoms with Crippen LogP contribution in [0.15, 0.2) is 41.6 Å². The Kier molecular flexibility index (Phi) is 1.92. The lowest BCUT2D eigenvalue weighted by molar-refractivity contribution is 0.0626. The molecule has 2 aromatic rings. The van der Waals surface area contributed by atoms with E-state index in [4.69, 9.17) is 9.57 Å². The van der Waals surface area contributed by atoms with E-state index in [0.717, 1.165) is 17.0 Å². The molecule has 0 fully saturated rings. The molecule has 0 bridgehead atoms. The second kappa shape index (κ2) is 3.48. The van der Waals surface area contributed by atoms with Crippen molar-refractivity contribution in [2.75, 3.05) is 6.61 Å². The summed E-state index contributed by atoms with van der Waals surface area (Å²) < 4.78 is 5.86. The van der Waals surface area contributed by atoms with Gasteiger partial charge in [-0.1, -0.05) is 35.5 Å². The number of rotatable bonds is 0. The van der Waals surface area contributed by atoms with Crippen molar-refractivity contribution in [1.82, 2.24) is 0 Å². The lowest BCUT2D eigenvalue weighted by atomic mass is 9.88. The van der Waals surface area contributed by atoms with Crippen molar-refractivity contribution >= 4 is 16.5 Å². The standard InChI is InChI=1S/C15H13NO2/c1-9-12-8-17-13-7-6-10-4-2-3-5-11(10)14(13)15(12)16-18-9/h2-7,9,12H,8H2,1H3. The zero-order valence-electron chi connectivity index (χ0n) is 10.1. The smallest absolute Gasteiger partial charge is 0.136 e. The van der Waals surface area contributed by atoms with Crippen LogP contribution >= 0.6 is 0 Å². The predicted molar refractivity (Wildman–Crippen MR) is 70.0 cm³/mol. The van der Waals surface area contributed by atoms with E-state index in [1.807, 2.05) is 25.1 Å². The van der Waals surface area contributed by atoms with E-state index < -0.39 is 0 Å². The van der Waals surface area contributed by atoms with Gasteiger partial charge in [0.25, 0.3) is 0 Å². The highest BCUT2D eigenvalue weighted by atomic mass is 16.6. The summed E-state index contributed by atoms with van der Waals surface area (Å²) in [5.74, 6) is 1.17. The minimum absolute atomic E-state index is 0.104. The highest BCUT2D eigenvalue weighted by molar-refractivity contribution is 6.15. The number of nitrogens with zero attached hydrogens (tertiary/aromatic N) is 1. The van der Waals surface area contributed by atoms with Crippen molar-refractivity contribution in [2.45, 2.75) is 13.0 Å². The largest absolute Gasteiger partial charge is 0.492 e. The number of ether oxygens (including phenoxy) is 1. The van der Waals surface area contributed by atoms with Crippen molar-refractivity contribution in [3.05, 3.63) is 42.0 Å². The molecule has 2 heterocycles. The summed E-state index contributed by atoms with van der Waals surface area (Å²) >= 11 is 0. The summed E-state index contributed by atoms with van der Waals surface area (Å²) in [4.78, 5) is 5.41. The second-order valence-electron chi connectivity index (χ2n) is 4.86. The first-order valence-electron chi connectivity index (χ1n) is 6.23. The average Bonchev–Trinajstić information content (AvgIpc) is 2.80. The number of fused-ring (bicyclic) bond motifs is 5. The summed E-state index contributed by atoms with van der Waals surface area (Å²) in [6, 6.07) is 12.4. The first kappa shape index (κ1) is 9.95. The third kappa shape index (κ3) is 1.22. The fourth-order valence-electron chi connectivity index (χ4n) is 2.76. The third-order valence-corrected chi connectivity index (χ3v) is 3.80. The summed E-state index contributed by atoms with van der Waals surface area (Å²) in [5, 5.41) is 6.67. The molecular formula is C15H13NO2. The molecule has 2 aliphatic heterocycles. The molecular weight excluding hydrogens is 226 g/mol. The zero-order chi connectivity index (χ0) is 12.1. The average molecular weight is 239 g/mol. The molecule has 0 aromatic heterocycles. The maximum atomic E-state index is 5.86. The number of benzene rings is 2. The Balaban J connectivity index is 2.03. The quantitative estimate of drug-likeness (QED) is 0.707. The molecule has 0 aliphatic carbocycles. The van der Waals surface area contributed by atoms with Gasteiger partial charge in [-0.25, -0.2) is 0 Å². The van der Waals surface area contributed by atoms with Crippen LogP contribution in [-0.4, -0.2) is 18.4 Å². The Morgan fingerprint density at radius 1 is 1.17 bits per heavy atom. The van der Waals surface area contributed by atoms with E-state index in [1.54, 1.807) is 0 Å². The lowest BCUT2D eigenvalue weighted by Crippen LogP contribution is -2.32. The van der Waals surface area contributed by atoms with Crippen LogP contribution in [0, 0.1) is 5.92 Å². The van der Waals surface area contributed by atoms with Gasteiger partial charge in [-0.2, -0.15) is 0 Å². The van der Waals surface area contributed by atoms with Crippen LogP contribution in [0.3, 0.4) is 0 Å². The monoisotopic (exact) mass is 239 g/mol. The van der Waals surface area contributed by atoms with Crippen LogP contribution in [0.1, 0.15) is 12.5 Å². The van der Waals surface area contributed by atoms with Gasteiger partial charge in [0.15, 0.2) is 0 Å². The van der Waals surface area contributed by atoms with E-state index >= 15 is 0 Å². The number of oxime groups is 1. The molecule has 0 spiro atoms. The van der Waals surface area contributed by atoms with Crippen LogP contribution in [0.4, 0.5) is 0 Å². The van der Waals surface area contributed by atoms with E-state index in [0.29, 0.717) is 6.61 Å². The van der Waals surface area contributed by atoms with E-state index in [1.165, 1.54) is 10.8 Å². The first-order valence-corrected chi connectivity index (χ1v) is 6.23.